The van der Waals surface area contributed by atoms with Gasteiger partial charge in [0.05, 0.1) is 6.04 Å². The van der Waals surface area contributed by atoms with E-state index < -0.39 is 0 Å². The molecule has 0 saturated heterocycles. The molecule has 2 rings (SSSR count). The van der Waals surface area contributed by atoms with Crippen LogP contribution in [-0.2, 0) is 4.79 Å². The molecule has 0 spiro atoms. The summed E-state index contributed by atoms with van der Waals surface area (Å²) in [5.41, 5.74) is 0. The van der Waals surface area contributed by atoms with Crippen molar-refractivity contribution in [2.75, 3.05) is 20.6 Å². The molecule has 1 aromatic heterocycles. The zero-order valence-corrected chi connectivity index (χ0v) is 15.8. The summed E-state index contributed by atoms with van der Waals surface area (Å²) in [6.07, 6.45) is 2.35. The lowest BCUT2D eigenvalue weighted by atomic mass is 10.3. The first-order valence-electron chi connectivity index (χ1n) is 6.87. The fourth-order valence-electron chi connectivity index (χ4n) is 1.66. The first kappa shape index (κ1) is 18.2. The van der Waals surface area contributed by atoms with Crippen LogP contribution in [0.2, 0.25) is 0 Å². The van der Waals surface area contributed by atoms with Gasteiger partial charge in [-0.25, -0.2) is 4.99 Å². The van der Waals surface area contributed by atoms with Crippen molar-refractivity contribution in [1.82, 2.24) is 15.5 Å². The van der Waals surface area contributed by atoms with Gasteiger partial charge in [0.25, 0.3) is 0 Å². The molecule has 0 bridgehead atoms. The van der Waals surface area contributed by atoms with Crippen LogP contribution in [0.4, 0.5) is 0 Å². The Morgan fingerprint density at radius 3 is 2.76 bits per heavy atom. The van der Waals surface area contributed by atoms with Gasteiger partial charge in [0.2, 0.25) is 5.91 Å². The molecule has 0 radical (unpaired) electrons. The lowest BCUT2D eigenvalue weighted by Crippen LogP contribution is -2.40. The molecule has 1 aromatic rings. The third-order valence-corrected chi connectivity index (χ3v) is 4.17. The van der Waals surface area contributed by atoms with E-state index in [2.05, 4.69) is 34.0 Å². The lowest BCUT2D eigenvalue weighted by Gasteiger charge is -2.17. The molecule has 1 fully saturated rings. The standard InChI is InChI=1S/C14H22N4OS.HI/c1-10(12-5-4-8-20-12)16-14(17-11-6-7-11)15-9-13(19)18(2)3;/h4-5,8,10-11H,6-7,9H2,1-3H3,(H2,15,16,17);1H. The second-order valence-electron chi connectivity index (χ2n) is 5.25. The van der Waals surface area contributed by atoms with Crippen LogP contribution < -0.4 is 10.6 Å². The summed E-state index contributed by atoms with van der Waals surface area (Å²) >= 11 is 1.72. The Morgan fingerprint density at radius 2 is 2.24 bits per heavy atom. The van der Waals surface area contributed by atoms with Crippen molar-refractivity contribution >= 4 is 47.2 Å². The smallest absolute Gasteiger partial charge is 0.243 e. The molecule has 5 nitrogen and oxygen atoms in total. The van der Waals surface area contributed by atoms with Crippen LogP contribution >= 0.6 is 35.3 Å². The third-order valence-electron chi connectivity index (χ3n) is 3.11. The highest BCUT2D eigenvalue weighted by atomic mass is 127. The number of nitrogens with zero attached hydrogens (tertiary/aromatic N) is 2. The highest BCUT2D eigenvalue weighted by Gasteiger charge is 2.23. The first-order chi connectivity index (χ1) is 9.56. The summed E-state index contributed by atoms with van der Waals surface area (Å²) < 4.78 is 0. The van der Waals surface area contributed by atoms with Gasteiger partial charge in [-0.05, 0) is 31.2 Å². The van der Waals surface area contributed by atoms with E-state index in [1.54, 1.807) is 30.3 Å². The fourth-order valence-corrected chi connectivity index (χ4v) is 2.39. The van der Waals surface area contributed by atoms with Crippen molar-refractivity contribution in [1.29, 1.82) is 0 Å². The van der Waals surface area contributed by atoms with Crippen molar-refractivity contribution in [2.45, 2.75) is 31.8 Å². The second kappa shape index (κ2) is 8.57. The van der Waals surface area contributed by atoms with Crippen LogP contribution in [0.3, 0.4) is 0 Å². The largest absolute Gasteiger partial charge is 0.354 e. The third kappa shape index (κ3) is 6.21. The van der Waals surface area contributed by atoms with Gasteiger partial charge in [0.15, 0.2) is 5.96 Å². The Kier molecular flexibility index (Phi) is 7.44. The van der Waals surface area contributed by atoms with E-state index >= 15 is 0 Å². The average molecular weight is 422 g/mol. The van der Waals surface area contributed by atoms with Crippen molar-refractivity contribution in [3.8, 4) is 0 Å². The zero-order valence-electron chi connectivity index (χ0n) is 12.6. The molecule has 1 aliphatic rings. The molecule has 0 aliphatic heterocycles. The van der Waals surface area contributed by atoms with Gasteiger partial charge < -0.3 is 15.5 Å². The Bertz CT molecular complexity index is 471. The molecule has 1 amide bonds. The predicted molar refractivity (Wildman–Crippen MR) is 98.4 cm³/mol. The van der Waals surface area contributed by atoms with E-state index in [9.17, 15) is 4.79 Å². The number of nitrogens with one attached hydrogen (secondary N) is 2. The monoisotopic (exact) mass is 422 g/mol. The Balaban J connectivity index is 0.00000220. The summed E-state index contributed by atoms with van der Waals surface area (Å²) in [5, 5.41) is 8.78. The number of hydrogen-bond acceptors (Lipinski definition) is 3. The molecule has 0 aromatic carbocycles. The molecule has 21 heavy (non-hydrogen) atoms. The maximum Gasteiger partial charge on any atom is 0.243 e. The number of aliphatic imine (C=N–C) groups is 1. The predicted octanol–water partition coefficient (Wildman–Crippen LogP) is 2.21. The number of guanidine groups is 1. The van der Waals surface area contributed by atoms with E-state index in [0.29, 0.717) is 6.04 Å². The average Bonchev–Trinajstić information content (AvgIpc) is 3.05. The minimum absolute atomic E-state index is 0. The highest BCUT2D eigenvalue weighted by Crippen LogP contribution is 2.20. The molecule has 1 unspecified atom stereocenters. The van der Waals surface area contributed by atoms with Crippen LogP contribution in [0.25, 0.3) is 0 Å². The number of thiophene rings is 1. The van der Waals surface area contributed by atoms with Crippen LogP contribution in [0.1, 0.15) is 30.7 Å². The van der Waals surface area contributed by atoms with Gasteiger partial charge in [0, 0.05) is 25.0 Å². The first-order valence-corrected chi connectivity index (χ1v) is 7.75. The molecule has 2 N–H and O–H groups in total. The highest BCUT2D eigenvalue weighted by molar-refractivity contribution is 14.0. The number of likely N-dealkylation sites (N-methyl/N-ethyl adjacent to an activating group) is 1. The molecule has 1 atom stereocenters. The summed E-state index contributed by atoms with van der Waals surface area (Å²) in [7, 11) is 3.49. The minimum Gasteiger partial charge on any atom is -0.354 e. The van der Waals surface area contributed by atoms with Crippen LogP contribution in [0, 0.1) is 0 Å². The SMILES string of the molecule is CC(NC(=NCC(=O)N(C)C)NC1CC1)c1cccs1.I. The van der Waals surface area contributed by atoms with Crippen molar-refractivity contribution in [3.05, 3.63) is 22.4 Å². The van der Waals surface area contributed by atoms with E-state index in [1.807, 2.05) is 6.07 Å². The quantitative estimate of drug-likeness (QED) is 0.435. The molecule has 1 saturated carbocycles. The Morgan fingerprint density at radius 1 is 1.52 bits per heavy atom. The van der Waals surface area contributed by atoms with Crippen molar-refractivity contribution in [2.24, 2.45) is 4.99 Å². The number of amides is 1. The van der Waals surface area contributed by atoms with Gasteiger partial charge in [0.1, 0.15) is 6.54 Å². The fraction of sp³-hybridized carbons (Fsp3) is 0.571. The maximum atomic E-state index is 11.6. The maximum absolute atomic E-state index is 11.6. The summed E-state index contributed by atoms with van der Waals surface area (Å²) in [6.45, 7) is 2.27. The normalized spacial score (nSPS) is 15.9. The van der Waals surface area contributed by atoms with Gasteiger partial charge in [-0.1, -0.05) is 6.07 Å². The van der Waals surface area contributed by atoms with Gasteiger partial charge in [-0.2, -0.15) is 0 Å². The van der Waals surface area contributed by atoms with Crippen LogP contribution in [0.5, 0.6) is 0 Å². The molecule has 7 heteroatoms. The van der Waals surface area contributed by atoms with Crippen LogP contribution in [0.15, 0.2) is 22.5 Å². The summed E-state index contributed by atoms with van der Waals surface area (Å²) in [6, 6.07) is 4.83. The second-order valence-corrected chi connectivity index (χ2v) is 6.23. The molecular weight excluding hydrogens is 399 g/mol. The number of rotatable bonds is 5. The summed E-state index contributed by atoms with van der Waals surface area (Å²) in [4.78, 5) is 18.8. The topological polar surface area (TPSA) is 56.7 Å². The van der Waals surface area contributed by atoms with Gasteiger partial charge in [-0.15, -0.1) is 35.3 Å². The molecule has 1 heterocycles. The van der Waals surface area contributed by atoms with Gasteiger partial charge in [-0.3, -0.25) is 4.79 Å². The van der Waals surface area contributed by atoms with Crippen LogP contribution in [-0.4, -0.2) is 43.4 Å². The number of carbonyl (C=O) groups is 1. The van der Waals surface area contributed by atoms with Crippen molar-refractivity contribution < 1.29 is 4.79 Å². The van der Waals surface area contributed by atoms with E-state index in [-0.39, 0.29) is 42.5 Å². The molecule has 118 valence electrons. The molecule has 1 aliphatic carbocycles. The van der Waals surface area contributed by atoms with E-state index in [4.69, 9.17) is 0 Å². The number of hydrogen-bond donors (Lipinski definition) is 2. The molecular formula is C14H23IN4OS. The van der Waals surface area contributed by atoms with E-state index in [1.165, 1.54) is 17.7 Å². The lowest BCUT2D eigenvalue weighted by molar-refractivity contribution is -0.127. The van der Waals surface area contributed by atoms with E-state index in [0.717, 1.165) is 5.96 Å². The Hall–Kier alpha value is -0.830. The Labute approximate surface area is 147 Å². The summed E-state index contributed by atoms with van der Waals surface area (Å²) in [5.74, 6) is 0.731. The zero-order chi connectivity index (χ0) is 14.5. The minimum atomic E-state index is 0. The number of halogens is 1. The van der Waals surface area contributed by atoms with Crippen molar-refractivity contribution in [3.63, 3.8) is 0 Å². The van der Waals surface area contributed by atoms with Gasteiger partial charge >= 0.3 is 0 Å². The number of carbonyl (C=O) groups excluding carboxylic acids is 1.